The molecule has 0 saturated carbocycles. The Hall–Kier alpha value is -1.61. The molecule has 1 aromatic rings. The van der Waals surface area contributed by atoms with E-state index in [1.807, 2.05) is 38.1 Å². The lowest BCUT2D eigenvalue weighted by Gasteiger charge is -2.16. The predicted octanol–water partition coefficient (Wildman–Crippen LogP) is 2.66. The molecule has 0 aromatic heterocycles. The van der Waals surface area contributed by atoms with Gasteiger partial charge in [0.2, 0.25) is 10.0 Å². The van der Waals surface area contributed by atoms with Crippen molar-refractivity contribution in [2.24, 2.45) is 0 Å². The molecule has 1 aliphatic rings. The van der Waals surface area contributed by atoms with E-state index in [9.17, 15) is 8.42 Å². The average molecular weight is 275 g/mol. The SMILES string of the molecule is CC=C=CC1=CCN(S(=O)(=O)c2ccc(C)cc2)C1. The number of nitrogens with zero attached hydrogens (tertiary/aromatic N) is 1. The third-order valence-electron chi connectivity index (χ3n) is 3.01. The van der Waals surface area contributed by atoms with E-state index in [0.29, 0.717) is 18.0 Å². The van der Waals surface area contributed by atoms with Crippen LogP contribution in [0.15, 0.2) is 58.7 Å². The number of hydrogen-bond donors (Lipinski definition) is 0. The van der Waals surface area contributed by atoms with E-state index in [4.69, 9.17) is 0 Å². The summed E-state index contributed by atoms with van der Waals surface area (Å²) in [6.45, 7) is 4.66. The van der Waals surface area contributed by atoms with Crippen molar-refractivity contribution < 1.29 is 8.42 Å². The molecule has 1 heterocycles. The molecule has 0 aliphatic carbocycles. The number of sulfonamides is 1. The lowest BCUT2D eigenvalue weighted by molar-refractivity contribution is 0.485. The van der Waals surface area contributed by atoms with Gasteiger partial charge in [0, 0.05) is 13.1 Å². The summed E-state index contributed by atoms with van der Waals surface area (Å²) in [5, 5.41) is 0. The van der Waals surface area contributed by atoms with Gasteiger partial charge in [-0.3, -0.25) is 0 Å². The van der Waals surface area contributed by atoms with Gasteiger partial charge in [-0.2, -0.15) is 4.31 Å². The summed E-state index contributed by atoms with van der Waals surface area (Å²) in [5.74, 6) is 0. The lowest BCUT2D eigenvalue weighted by Crippen LogP contribution is -2.29. The van der Waals surface area contributed by atoms with Gasteiger partial charge in [-0.1, -0.05) is 23.8 Å². The van der Waals surface area contributed by atoms with Crippen molar-refractivity contribution >= 4 is 10.0 Å². The van der Waals surface area contributed by atoms with Gasteiger partial charge in [-0.15, -0.1) is 5.73 Å². The monoisotopic (exact) mass is 275 g/mol. The van der Waals surface area contributed by atoms with Crippen molar-refractivity contribution in [3.8, 4) is 0 Å². The van der Waals surface area contributed by atoms with Crippen LogP contribution in [0.1, 0.15) is 12.5 Å². The van der Waals surface area contributed by atoms with E-state index in [2.05, 4.69) is 5.73 Å². The van der Waals surface area contributed by atoms with Crippen molar-refractivity contribution in [2.45, 2.75) is 18.7 Å². The van der Waals surface area contributed by atoms with E-state index in [-0.39, 0.29) is 0 Å². The fourth-order valence-electron chi connectivity index (χ4n) is 1.89. The maximum atomic E-state index is 12.4. The Kier molecular flexibility index (Phi) is 4.05. The minimum absolute atomic E-state index is 0.350. The summed E-state index contributed by atoms with van der Waals surface area (Å²) < 4.78 is 26.3. The van der Waals surface area contributed by atoms with Crippen LogP contribution in [0.25, 0.3) is 0 Å². The first-order valence-corrected chi connectivity index (χ1v) is 7.61. The van der Waals surface area contributed by atoms with Crippen molar-refractivity contribution in [2.75, 3.05) is 13.1 Å². The van der Waals surface area contributed by atoms with E-state index in [1.165, 1.54) is 4.31 Å². The molecule has 2 rings (SSSR count). The molecule has 0 N–H and O–H groups in total. The van der Waals surface area contributed by atoms with Gasteiger partial charge in [0.25, 0.3) is 0 Å². The van der Waals surface area contributed by atoms with E-state index in [1.54, 1.807) is 18.2 Å². The molecule has 1 aromatic carbocycles. The molecule has 0 fully saturated rings. The lowest BCUT2D eigenvalue weighted by atomic mass is 10.2. The molecular formula is C15H17NO2S. The summed E-state index contributed by atoms with van der Waals surface area (Å²) in [4.78, 5) is 0.350. The highest BCUT2D eigenvalue weighted by molar-refractivity contribution is 7.89. The molecule has 0 bridgehead atoms. The zero-order valence-corrected chi connectivity index (χ0v) is 11.9. The van der Waals surface area contributed by atoms with Crippen LogP contribution in [0, 0.1) is 6.92 Å². The van der Waals surface area contributed by atoms with Gasteiger partial charge in [0.15, 0.2) is 0 Å². The maximum absolute atomic E-state index is 12.4. The van der Waals surface area contributed by atoms with E-state index >= 15 is 0 Å². The minimum Gasteiger partial charge on any atom is -0.207 e. The first kappa shape index (κ1) is 13.8. The molecule has 1 aliphatic heterocycles. The zero-order valence-electron chi connectivity index (χ0n) is 11.1. The van der Waals surface area contributed by atoms with Crippen LogP contribution in [0.3, 0.4) is 0 Å². The molecule has 0 amide bonds. The van der Waals surface area contributed by atoms with Crippen molar-refractivity contribution in [1.29, 1.82) is 0 Å². The van der Waals surface area contributed by atoms with Crippen LogP contribution in [0.2, 0.25) is 0 Å². The van der Waals surface area contributed by atoms with Gasteiger partial charge in [0.05, 0.1) is 4.90 Å². The standard InChI is InChI=1S/C15H17NO2S/c1-3-4-5-14-10-11-16(12-14)19(17,18)15-8-6-13(2)7-9-15/h3,5-10H,11-12H2,1-2H3. The second-order valence-electron chi connectivity index (χ2n) is 4.49. The molecular weight excluding hydrogens is 258 g/mol. The molecule has 19 heavy (non-hydrogen) atoms. The largest absolute Gasteiger partial charge is 0.243 e. The molecule has 0 saturated heterocycles. The Morgan fingerprint density at radius 3 is 2.58 bits per heavy atom. The van der Waals surface area contributed by atoms with Crippen LogP contribution >= 0.6 is 0 Å². The first-order chi connectivity index (χ1) is 9.04. The smallest absolute Gasteiger partial charge is 0.207 e. The van der Waals surface area contributed by atoms with Crippen molar-refractivity contribution in [1.82, 2.24) is 4.31 Å². The summed E-state index contributed by atoms with van der Waals surface area (Å²) in [6.07, 6.45) is 5.55. The normalized spacial score (nSPS) is 15.8. The summed E-state index contributed by atoms with van der Waals surface area (Å²) in [5.41, 5.74) is 5.00. The number of benzene rings is 1. The Bertz CT molecular complexity index is 648. The minimum atomic E-state index is -3.39. The van der Waals surface area contributed by atoms with Crippen LogP contribution in [0.5, 0.6) is 0 Å². The molecule has 4 heteroatoms. The number of rotatable bonds is 3. The summed E-state index contributed by atoms with van der Waals surface area (Å²) in [7, 11) is -3.39. The van der Waals surface area contributed by atoms with Gasteiger partial charge in [-0.25, -0.2) is 8.42 Å². The third kappa shape index (κ3) is 3.04. The van der Waals surface area contributed by atoms with Gasteiger partial charge in [0.1, 0.15) is 0 Å². The average Bonchev–Trinajstić information content (AvgIpc) is 2.86. The Balaban J connectivity index is 2.20. The topological polar surface area (TPSA) is 37.4 Å². The fourth-order valence-corrected chi connectivity index (χ4v) is 3.26. The first-order valence-electron chi connectivity index (χ1n) is 6.17. The predicted molar refractivity (Wildman–Crippen MR) is 76.3 cm³/mol. The molecule has 0 unspecified atom stereocenters. The second-order valence-corrected chi connectivity index (χ2v) is 6.43. The van der Waals surface area contributed by atoms with Crippen LogP contribution in [0.4, 0.5) is 0 Å². The second kappa shape index (κ2) is 5.57. The highest BCUT2D eigenvalue weighted by atomic mass is 32.2. The molecule has 0 atom stereocenters. The summed E-state index contributed by atoms with van der Waals surface area (Å²) >= 11 is 0. The Labute approximate surface area is 114 Å². The third-order valence-corrected chi connectivity index (χ3v) is 4.84. The molecule has 100 valence electrons. The Morgan fingerprint density at radius 1 is 1.26 bits per heavy atom. The van der Waals surface area contributed by atoms with Crippen molar-refractivity contribution in [3.63, 3.8) is 0 Å². The number of hydrogen-bond acceptors (Lipinski definition) is 2. The Morgan fingerprint density at radius 2 is 1.95 bits per heavy atom. The number of aryl methyl sites for hydroxylation is 1. The van der Waals surface area contributed by atoms with Gasteiger partial charge >= 0.3 is 0 Å². The zero-order chi connectivity index (χ0) is 13.9. The molecule has 3 nitrogen and oxygen atoms in total. The van der Waals surface area contributed by atoms with Crippen LogP contribution < -0.4 is 0 Å². The van der Waals surface area contributed by atoms with Gasteiger partial charge < -0.3 is 0 Å². The highest BCUT2D eigenvalue weighted by Gasteiger charge is 2.27. The quantitative estimate of drug-likeness (QED) is 0.795. The van der Waals surface area contributed by atoms with Crippen molar-refractivity contribution in [3.05, 3.63) is 59.4 Å². The molecule has 0 spiro atoms. The molecule has 0 radical (unpaired) electrons. The highest BCUT2D eigenvalue weighted by Crippen LogP contribution is 2.21. The maximum Gasteiger partial charge on any atom is 0.243 e. The van der Waals surface area contributed by atoms with E-state index in [0.717, 1.165) is 11.1 Å². The fraction of sp³-hybridized carbons (Fsp3) is 0.267. The van der Waals surface area contributed by atoms with E-state index < -0.39 is 10.0 Å². The summed E-state index contributed by atoms with van der Waals surface area (Å²) in [6, 6.07) is 6.95. The van der Waals surface area contributed by atoms with Gasteiger partial charge in [-0.05, 0) is 43.7 Å². The van der Waals surface area contributed by atoms with Crippen LogP contribution in [-0.2, 0) is 10.0 Å². The van der Waals surface area contributed by atoms with Crippen LogP contribution in [-0.4, -0.2) is 25.8 Å².